The number of aromatic nitrogens is 1. The number of alkyl carbamates (subject to hydrolysis) is 1. The number of benzene rings is 1. The molecule has 0 bridgehead atoms. The molecule has 3 heterocycles. The molecule has 166 valence electrons. The number of likely N-dealkylation sites (tertiary alicyclic amines) is 1. The summed E-state index contributed by atoms with van der Waals surface area (Å²) >= 11 is 0. The third-order valence-electron chi connectivity index (χ3n) is 5.31. The molecule has 0 radical (unpaired) electrons. The van der Waals surface area contributed by atoms with Crippen LogP contribution >= 0.6 is 0 Å². The zero-order valence-corrected chi connectivity index (χ0v) is 18.1. The molecular weight excluding hydrogens is 398 g/mol. The van der Waals surface area contributed by atoms with Crippen LogP contribution in [0.1, 0.15) is 44.4 Å². The molecule has 0 aliphatic carbocycles. The number of nitrogens with zero attached hydrogens (tertiary/aromatic N) is 2. The van der Waals surface area contributed by atoms with Gasteiger partial charge in [-0.2, -0.15) is 0 Å². The number of fused-ring (bicyclic) bond motifs is 1. The molecule has 2 aromatic rings. The van der Waals surface area contributed by atoms with Gasteiger partial charge in [0.25, 0.3) is 0 Å². The van der Waals surface area contributed by atoms with Crippen molar-refractivity contribution >= 4 is 6.09 Å². The molecule has 2 aliphatic heterocycles. The summed E-state index contributed by atoms with van der Waals surface area (Å²) in [5.41, 5.74) is 1.19. The average molecular weight is 428 g/mol. The molecule has 2 N–H and O–H groups in total. The second-order valence-corrected chi connectivity index (χ2v) is 8.86. The Hall–Kier alpha value is -3.00. The predicted octanol–water partition coefficient (Wildman–Crippen LogP) is 3.25. The number of amides is 1. The minimum Gasteiger partial charge on any atom is -0.507 e. The molecular formula is C23H29N3O5. The second-order valence-electron chi connectivity index (χ2n) is 8.86. The van der Waals surface area contributed by atoms with Crippen molar-refractivity contribution < 1.29 is 24.1 Å². The van der Waals surface area contributed by atoms with E-state index < -0.39 is 11.7 Å². The van der Waals surface area contributed by atoms with Gasteiger partial charge in [0.1, 0.15) is 24.6 Å². The van der Waals surface area contributed by atoms with Crippen molar-refractivity contribution in [3.8, 4) is 17.2 Å². The average Bonchev–Trinajstić information content (AvgIpc) is 3.15. The Kier molecular flexibility index (Phi) is 5.91. The van der Waals surface area contributed by atoms with Crippen LogP contribution in [0.3, 0.4) is 0 Å². The lowest BCUT2D eigenvalue weighted by Gasteiger charge is -2.30. The molecule has 0 saturated carbocycles. The zero-order valence-electron chi connectivity index (χ0n) is 18.1. The van der Waals surface area contributed by atoms with Gasteiger partial charge in [0.05, 0.1) is 6.04 Å². The number of ether oxygens (including phenoxy) is 3. The number of carbonyl (C=O) groups is 1. The topological polar surface area (TPSA) is 93.2 Å². The molecule has 1 fully saturated rings. The van der Waals surface area contributed by atoms with Crippen LogP contribution in [0, 0.1) is 0 Å². The SMILES string of the molecule is CC(C)(C)OC(=O)N[C@@H]1CCN(C(c2ccncc2)c2cc3c(cc2O)OCCO3)C1. The monoisotopic (exact) mass is 427 g/mol. The maximum absolute atomic E-state index is 12.2. The molecule has 2 atom stereocenters. The number of carbonyl (C=O) groups excluding carboxylic acids is 1. The minimum absolute atomic E-state index is 0.0430. The lowest BCUT2D eigenvalue weighted by atomic mass is 9.96. The van der Waals surface area contributed by atoms with Gasteiger partial charge in [0, 0.05) is 43.2 Å². The van der Waals surface area contributed by atoms with Crippen LogP contribution in [-0.4, -0.2) is 59.0 Å². The van der Waals surface area contributed by atoms with Crippen molar-refractivity contribution in [1.29, 1.82) is 0 Å². The maximum Gasteiger partial charge on any atom is 0.407 e. The van der Waals surface area contributed by atoms with Gasteiger partial charge in [-0.1, -0.05) is 0 Å². The van der Waals surface area contributed by atoms with Crippen molar-refractivity contribution in [2.24, 2.45) is 0 Å². The van der Waals surface area contributed by atoms with Crippen molar-refractivity contribution in [3.05, 3.63) is 47.8 Å². The van der Waals surface area contributed by atoms with Crippen LogP contribution in [0.25, 0.3) is 0 Å². The third-order valence-corrected chi connectivity index (χ3v) is 5.31. The first kappa shape index (κ1) is 21.2. The molecule has 1 aromatic heterocycles. The number of aromatic hydroxyl groups is 1. The molecule has 4 rings (SSSR count). The first-order chi connectivity index (χ1) is 14.8. The molecule has 2 aliphatic rings. The Morgan fingerprint density at radius 1 is 1.23 bits per heavy atom. The fourth-order valence-corrected chi connectivity index (χ4v) is 4.06. The summed E-state index contributed by atoms with van der Waals surface area (Å²) in [5, 5.41) is 13.8. The van der Waals surface area contributed by atoms with Gasteiger partial charge in [-0.25, -0.2) is 4.79 Å². The van der Waals surface area contributed by atoms with Crippen LogP contribution in [-0.2, 0) is 4.74 Å². The van der Waals surface area contributed by atoms with E-state index in [0.29, 0.717) is 31.3 Å². The van der Waals surface area contributed by atoms with Gasteiger partial charge in [0.15, 0.2) is 11.5 Å². The molecule has 31 heavy (non-hydrogen) atoms. The molecule has 1 unspecified atom stereocenters. The van der Waals surface area contributed by atoms with E-state index in [1.165, 1.54) is 0 Å². The maximum atomic E-state index is 12.2. The summed E-state index contributed by atoms with van der Waals surface area (Å²) in [5.74, 6) is 1.32. The van der Waals surface area contributed by atoms with E-state index in [9.17, 15) is 9.90 Å². The first-order valence-corrected chi connectivity index (χ1v) is 10.6. The van der Waals surface area contributed by atoms with Gasteiger partial charge >= 0.3 is 6.09 Å². The first-order valence-electron chi connectivity index (χ1n) is 10.6. The number of pyridine rings is 1. The second kappa shape index (κ2) is 8.63. The molecule has 0 spiro atoms. The van der Waals surface area contributed by atoms with E-state index in [2.05, 4.69) is 15.2 Å². The molecule has 1 amide bonds. The van der Waals surface area contributed by atoms with E-state index >= 15 is 0 Å². The fraction of sp³-hybridized carbons (Fsp3) is 0.478. The largest absolute Gasteiger partial charge is 0.507 e. The predicted molar refractivity (Wildman–Crippen MR) is 115 cm³/mol. The van der Waals surface area contributed by atoms with Gasteiger partial charge < -0.3 is 24.6 Å². The molecule has 8 nitrogen and oxygen atoms in total. The van der Waals surface area contributed by atoms with Crippen LogP contribution in [0.2, 0.25) is 0 Å². The van der Waals surface area contributed by atoms with Gasteiger partial charge in [-0.3, -0.25) is 9.88 Å². The lowest BCUT2D eigenvalue weighted by molar-refractivity contribution is 0.0505. The number of rotatable bonds is 4. The van der Waals surface area contributed by atoms with E-state index in [1.54, 1.807) is 18.5 Å². The highest BCUT2D eigenvalue weighted by molar-refractivity contribution is 5.68. The normalized spacial score (nSPS) is 19.6. The number of hydrogen-bond acceptors (Lipinski definition) is 7. The summed E-state index contributed by atoms with van der Waals surface area (Å²) < 4.78 is 16.7. The highest BCUT2D eigenvalue weighted by Crippen LogP contribution is 2.43. The summed E-state index contributed by atoms with van der Waals surface area (Å²) in [6, 6.07) is 7.09. The van der Waals surface area contributed by atoms with Crippen molar-refractivity contribution in [3.63, 3.8) is 0 Å². The Morgan fingerprint density at radius 2 is 1.90 bits per heavy atom. The summed E-state index contributed by atoms with van der Waals surface area (Å²) in [6.45, 7) is 7.85. The zero-order chi connectivity index (χ0) is 22.0. The van der Waals surface area contributed by atoms with Crippen LogP contribution < -0.4 is 14.8 Å². The standard InChI is InChI=1S/C23H29N3O5/c1-23(2,3)31-22(28)25-16-6-9-26(14-16)21(15-4-7-24-8-5-15)17-12-19-20(13-18(17)27)30-11-10-29-19/h4-5,7-8,12-13,16,21,27H,6,9-11,14H2,1-3H3,(H,25,28)/t16-,21?/m1/s1. The van der Waals surface area contributed by atoms with Crippen molar-refractivity contribution in [2.75, 3.05) is 26.3 Å². The Morgan fingerprint density at radius 3 is 2.58 bits per heavy atom. The summed E-state index contributed by atoms with van der Waals surface area (Å²) in [4.78, 5) is 18.6. The van der Waals surface area contributed by atoms with Crippen molar-refractivity contribution in [1.82, 2.24) is 15.2 Å². The molecule has 8 heteroatoms. The molecule has 1 saturated heterocycles. The van der Waals surface area contributed by atoms with E-state index in [4.69, 9.17) is 14.2 Å². The molecule has 1 aromatic carbocycles. The van der Waals surface area contributed by atoms with Crippen LogP contribution in [0.4, 0.5) is 4.79 Å². The van der Waals surface area contributed by atoms with Gasteiger partial charge in [0.2, 0.25) is 0 Å². The number of phenols is 1. The number of phenolic OH excluding ortho intramolecular Hbond substituents is 1. The van der Waals surface area contributed by atoms with Crippen LogP contribution in [0.5, 0.6) is 17.2 Å². The van der Waals surface area contributed by atoms with E-state index in [0.717, 1.165) is 24.1 Å². The fourth-order valence-electron chi connectivity index (χ4n) is 4.06. The van der Waals surface area contributed by atoms with E-state index in [-0.39, 0.29) is 17.8 Å². The van der Waals surface area contributed by atoms with Crippen molar-refractivity contribution in [2.45, 2.75) is 44.9 Å². The van der Waals surface area contributed by atoms with E-state index in [1.807, 2.05) is 39.0 Å². The Bertz CT molecular complexity index is 929. The smallest absolute Gasteiger partial charge is 0.407 e. The Labute approximate surface area is 182 Å². The summed E-state index contributed by atoms with van der Waals surface area (Å²) in [7, 11) is 0. The number of nitrogens with one attached hydrogen (secondary N) is 1. The third kappa shape index (κ3) is 5.02. The Balaban J connectivity index is 1.58. The quantitative estimate of drug-likeness (QED) is 0.774. The number of hydrogen-bond donors (Lipinski definition) is 2. The van der Waals surface area contributed by atoms with Crippen LogP contribution in [0.15, 0.2) is 36.7 Å². The lowest BCUT2D eigenvalue weighted by Crippen LogP contribution is -2.41. The minimum atomic E-state index is -0.543. The summed E-state index contributed by atoms with van der Waals surface area (Å²) in [6.07, 6.45) is 3.85. The van der Waals surface area contributed by atoms with Gasteiger partial charge in [-0.15, -0.1) is 0 Å². The highest BCUT2D eigenvalue weighted by atomic mass is 16.6. The highest BCUT2D eigenvalue weighted by Gasteiger charge is 2.34. The van der Waals surface area contributed by atoms with Gasteiger partial charge in [-0.05, 0) is 51.0 Å².